The summed E-state index contributed by atoms with van der Waals surface area (Å²) in [7, 11) is 0. The molecule has 0 saturated heterocycles. The number of aromatic hydroxyl groups is 2. The summed E-state index contributed by atoms with van der Waals surface area (Å²) in [4.78, 5) is 11.2. The predicted octanol–water partition coefficient (Wildman–Crippen LogP) is 0.108. The van der Waals surface area contributed by atoms with Crippen molar-refractivity contribution in [2.45, 2.75) is 0 Å². The second kappa shape index (κ2) is 2.85. The molecule has 78 valence electrons. The van der Waals surface area contributed by atoms with E-state index in [0.717, 1.165) is 16.4 Å². The van der Waals surface area contributed by atoms with E-state index in [1.165, 1.54) is 18.2 Å². The molecule has 0 heterocycles. The Balaban J connectivity index is 2.47. The van der Waals surface area contributed by atoms with Crippen molar-refractivity contribution in [2.24, 2.45) is 0 Å². The van der Waals surface area contributed by atoms with Gasteiger partial charge in [-0.15, -0.1) is 0 Å². The van der Waals surface area contributed by atoms with Crippen molar-refractivity contribution >= 4 is 17.4 Å². The summed E-state index contributed by atoms with van der Waals surface area (Å²) in [6, 6.07) is 3.18. The first kappa shape index (κ1) is 8.97. The summed E-state index contributed by atoms with van der Waals surface area (Å²) in [5.41, 5.74) is 1.69. The van der Waals surface area contributed by atoms with Crippen LogP contribution in [0.3, 0.4) is 0 Å². The molecule has 1 aromatic carbocycles. The third-order valence-corrected chi connectivity index (χ3v) is 2.81. The monoisotopic (exact) mass is 212 g/mol. The van der Waals surface area contributed by atoms with Gasteiger partial charge in [-0.2, -0.15) is 0 Å². The Morgan fingerprint density at radius 1 is 1.00 bits per heavy atom. The van der Waals surface area contributed by atoms with E-state index in [1.54, 1.807) is 18.2 Å². The van der Waals surface area contributed by atoms with E-state index in [-0.39, 0.29) is 17.3 Å². The van der Waals surface area contributed by atoms with Crippen LogP contribution in [0.4, 0.5) is 0 Å². The van der Waals surface area contributed by atoms with E-state index in [0.29, 0.717) is 5.22 Å². The van der Waals surface area contributed by atoms with Gasteiger partial charge in [-0.1, -0.05) is 0 Å². The van der Waals surface area contributed by atoms with E-state index in [4.69, 9.17) is 0 Å². The minimum atomic E-state index is -0.148. The number of phenolic OH excluding ortho intramolecular Hbond substituents is 2. The quantitative estimate of drug-likeness (QED) is 0.600. The Morgan fingerprint density at radius 2 is 1.81 bits per heavy atom. The summed E-state index contributed by atoms with van der Waals surface area (Å²) in [5, 5.41) is 20.5. The van der Waals surface area contributed by atoms with Crippen LogP contribution in [0.1, 0.15) is 0 Å². The molecule has 0 radical (unpaired) electrons. The third-order valence-electron chi connectivity index (χ3n) is 2.81. The number of phenols is 2. The zero-order chi connectivity index (χ0) is 11.3. The topological polar surface area (TPSA) is 57.5 Å². The van der Waals surface area contributed by atoms with Crippen molar-refractivity contribution in [3.8, 4) is 11.5 Å². The molecule has 3 nitrogen and oxygen atoms in total. The van der Waals surface area contributed by atoms with Gasteiger partial charge in [0.2, 0.25) is 0 Å². The number of rotatable bonds is 0. The summed E-state index contributed by atoms with van der Waals surface area (Å²) in [6.45, 7) is 0. The first-order valence-electron chi connectivity index (χ1n) is 4.88. The van der Waals surface area contributed by atoms with E-state index < -0.39 is 0 Å². The molecule has 16 heavy (non-hydrogen) atoms. The predicted molar refractivity (Wildman–Crippen MR) is 59.1 cm³/mol. The molecule has 0 saturated carbocycles. The molecule has 0 aromatic heterocycles. The summed E-state index contributed by atoms with van der Waals surface area (Å²) in [6.07, 6.45) is 6.45. The van der Waals surface area contributed by atoms with Crippen LogP contribution < -0.4 is 10.4 Å². The average molecular weight is 212 g/mol. The second-order valence-electron chi connectivity index (χ2n) is 3.79. The van der Waals surface area contributed by atoms with Gasteiger partial charge < -0.3 is 10.2 Å². The van der Waals surface area contributed by atoms with Crippen LogP contribution in [0.2, 0.25) is 0 Å². The van der Waals surface area contributed by atoms with Crippen molar-refractivity contribution in [3.63, 3.8) is 0 Å². The number of fused-ring (bicyclic) bond motifs is 2. The van der Waals surface area contributed by atoms with Gasteiger partial charge in [0.25, 0.3) is 0 Å². The van der Waals surface area contributed by atoms with E-state index in [9.17, 15) is 15.0 Å². The smallest absolute Gasteiger partial charge is 0.179 e. The largest absolute Gasteiger partial charge is 0.504 e. The molecule has 3 heteroatoms. The molecule has 0 bridgehead atoms. The van der Waals surface area contributed by atoms with Crippen LogP contribution in [-0.4, -0.2) is 16.0 Å². The summed E-state index contributed by atoms with van der Waals surface area (Å²) < 4.78 is 0. The van der Waals surface area contributed by atoms with Crippen molar-refractivity contribution in [3.05, 3.63) is 46.4 Å². The van der Waals surface area contributed by atoms with Crippen LogP contribution in [0.15, 0.2) is 35.9 Å². The molecule has 2 aliphatic rings. The van der Waals surface area contributed by atoms with Crippen LogP contribution in [0.5, 0.6) is 11.5 Å². The van der Waals surface area contributed by atoms with Crippen LogP contribution >= 0.6 is 0 Å². The molecular weight excluding hydrogens is 204 g/mol. The Hall–Kier alpha value is -2.29. The van der Waals surface area contributed by atoms with Gasteiger partial charge in [-0.05, 0) is 52.8 Å². The molecule has 0 spiro atoms. The highest BCUT2D eigenvalue weighted by molar-refractivity contribution is 6.09. The molecule has 0 unspecified atom stereocenters. The van der Waals surface area contributed by atoms with E-state index in [2.05, 4.69) is 0 Å². The molecule has 0 amide bonds. The Labute approximate surface area is 91.0 Å². The van der Waals surface area contributed by atoms with Crippen molar-refractivity contribution in [1.82, 2.24) is 0 Å². The fourth-order valence-electron chi connectivity index (χ4n) is 2.04. The number of carbonyl (C=O) groups excluding carboxylic acids is 1. The molecule has 3 rings (SSSR count). The van der Waals surface area contributed by atoms with E-state index in [1.807, 2.05) is 0 Å². The first-order valence-corrected chi connectivity index (χ1v) is 4.88. The summed E-state index contributed by atoms with van der Waals surface area (Å²) >= 11 is 0. The molecule has 0 atom stereocenters. The average Bonchev–Trinajstić information content (AvgIpc) is 2.62. The Bertz CT molecular complexity index is 691. The first-order chi connectivity index (χ1) is 7.66. The fraction of sp³-hybridized carbons (Fsp3) is 0. The van der Waals surface area contributed by atoms with Crippen molar-refractivity contribution < 1.29 is 15.0 Å². The van der Waals surface area contributed by atoms with Crippen molar-refractivity contribution in [1.29, 1.82) is 0 Å². The van der Waals surface area contributed by atoms with Gasteiger partial charge in [0, 0.05) is 5.22 Å². The lowest BCUT2D eigenvalue weighted by Gasteiger charge is -2.02. The molecule has 0 fully saturated rings. The SMILES string of the molecule is O=C1C=CC2=c3ccc(O)c(O)c3=CC2=C1. The van der Waals surface area contributed by atoms with Gasteiger partial charge in [0.15, 0.2) is 17.3 Å². The Kier molecular flexibility index (Phi) is 1.60. The minimum Gasteiger partial charge on any atom is -0.504 e. The highest BCUT2D eigenvalue weighted by Gasteiger charge is 2.16. The highest BCUT2D eigenvalue weighted by atomic mass is 16.3. The summed E-state index contributed by atoms with van der Waals surface area (Å²) in [5.74, 6) is -0.349. The molecule has 2 aliphatic carbocycles. The number of benzene rings is 1. The van der Waals surface area contributed by atoms with Crippen LogP contribution in [-0.2, 0) is 4.79 Å². The second-order valence-corrected chi connectivity index (χ2v) is 3.79. The molecule has 1 aromatic rings. The Morgan fingerprint density at radius 3 is 2.62 bits per heavy atom. The number of hydrogen-bond donors (Lipinski definition) is 2. The van der Waals surface area contributed by atoms with E-state index >= 15 is 0 Å². The normalized spacial score (nSPS) is 16.6. The number of carbonyl (C=O) groups is 1. The standard InChI is InChI=1S/C13H8O3/c14-8-1-2-9-7(5-8)6-11-10(9)3-4-12(15)13(11)16/h1-6,15-16H. The molecule has 2 N–H and O–H groups in total. The zero-order valence-corrected chi connectivity index (χ0v) is 8.27. The third kappa shape index (κ3) is 1.05. The lowest BCUT2D eigenvalue weighted by molar-refractivity contribution is -0.110. The maximum Gasteiger partial charge on any atom is 0.179 e. The van der Waals surface area contributed by atoms with Gasteiger partial charge in [0.05, 0.1) is 0 Å². The number of allylic oxidation sites excluding steroid dienone is 4. The number of hydrogen-bond acceptors (Lipinski definition) is 3. The maximum absolute atomic E-state index is 11.2. The molecular formula is C13H8O3. The highest BCUT2D eigenvalue weighted by Crippen LogP contribution is 2.24. The van der Waals surface area contributed by atoms with Gasteiger partial charge in [0.1, 0.15) is 0 Å². The lowest BCUT2D eigenvalue weighted by Crippen LogP contribution is -2.22. The zero-order valence-electron chi connectivity index (χ0n) is 8.27. The van der Waals surface area contributed by atoms with Gasteiger partial charge >= 0.3 is 0 Å². The van der Waals surface area contributed by atoms with Gasteiger partial charge in [-0.3, -0.25) is 4.79 Å². The van der Waals surface area contributed by atoms with Gasteiger partial charge in [-0.25, -0.2) is 0 Å². The molecule has 0 aliphatic heterocycles. The van der Waals surface area contributed by atoms with Crippen LogP contribution in [0.25, 0.3) is 11.6 Å². The lowest BCUT2D eigenvalue weighted by atomic mass is 10.0. The maximum atomic E-state index is 11.2. The van der Waals surface area contributed by atoms with Crippen molar-refractivity contribution in [2.75, 3.05) is 0 Å². The fourth-order valence-corrected chi connectivity index (χ4v) is 2.04. The minimum absolute atomic E-state index is 0.0634. The number of ketones is 1. The van der Waals surface area contributed by atoms with Crippen LogP contribution in [0, 0.1) is 0 Å².